The first-order valence-electron chi connectivity index (χ1n) is 18.4. The molecule has 0 N–H and O–H groups in total. The van der Waals surface area contributed by atoms with E-state index in [1.165, 1.54) is 54.7 Å². The van der Waals surface area contributed by atoms with Crippen LogP contribution in [0.3, 0.4) is 0 Å². The van der Waals surface area contributed by atoms with Crippen molar-refractivity contribution < 1.29 is 0 Å². The van der Waals surface area contributed by atoms with Crippen molar-refractivity contribution in [2.24, 2.45) is 0 Å². The van der Waals surface area contributed by atoms with Gasteiger partial charge in [-0.1, -0.05) is 200 Å². The van der Waals surface area contributed by atoms with Crippen molar-refractivity contribution >= 4 is 32.3 Å². The molecule has 10 aromatic rings. The standard InChI is InChI=1S/C52H34N2/c1-4-14-35(15-5-1)36-24-26-37(27-25-36)38-28-30-40(31-29-38)47-34-48(54-52(53-47)42-19-8-3-9-20-42)50-45-23-13-12-22-44(45)49(41-17-6-2-7-18-41)51-43-21-11-10-16-39(43)32-33-46(50)51/h1-34H. The van der Waals surface area contributed by atoms with Crippen LogP contribution in [0.2, 0.25) is 0 Å². The van der Waals surface area contributed by atoms with Crippen molar-refractivity contribution in [2.45, 2.75) is 0 Å². The van der Waals surface area contributed by atoms with Crippen LogP contribution in [-0.2, 0) is 0 Å². The van der Waals surface area contributed by atoms with Gasteiger partial charge >= 0.3 is 0 Å². The van der Waals surface area contributed by atoms with Crippen LogP contribution in [0.15, 0.2) is 206 Å². The molecule has 0 fully saturated rings. The van der Waals surface area contributed by atoms with Crippen molar-refractivity contribution in [3.63, 3.8) is 0 Å². The maximum absolute atomic E-state index is 5.37. The SMILES string of the molecule is c1ccc(-c2ccc(-c3ccc(-c4cc(-c5c6ccccc6c(-c6ccccc6)c6c5ccc5ccccc56)nc(-c5ccccc5)n4)cc3)cc2)cc1. The molecule has 54 heavy (non-hydrogen) atoms. The second kappa shape index (κ2) is 13.4. The Morgan fingerprint density at radius 2 is 0.704 bits per heavy atom. The van der Waals surface area contributed by atoms with E-state index < -0.39 is 0 Å². The lowest BCUT2D eigenvalue weighted by Gasteiger charge is -2.19. The maximum atomic E-state index is 5.37. The largest absolute Gasteiger partial charge is 0.228 e. The van der Waals surface area contributed by atoms with Gasteiger partial charge in [0.25, 0.3) is 0 Å². The first-order valence-corrected chi connectivity index (χ1v) is 18.4. The summed E-state index contributed by atoms with van der Waals surface area (Å²) >= 11 is 0. The first-order chi connectivity index (χ1) is 26.8. The zero-order valence-electron chi connectivity index (χ0n) is 29.5. The molecule has 1 heterocycles. The van der Waals surface area contributed by atoms with Crippen LogP contribution in [0.4, 0.5) is 0 Å². The van der Waals surface area contributed by atoms with Crippen LogP contribution in [0.25, 0.3) is 99.6 Å². The molecule has 0 saturated carbocycles. The van der Waals surface area contributed by atoms with Crippen molar-refractivity contribution in [1.29, 1.82) is 0 Å². The topological polar surface area (TPSA) is 25.8 Å². The Bertz CT molecular complexity index is 2940. The van der Waals surface area contributed by atoms with Crippen LogP contribution < -0.4 is 0 Å². The van der Waals surface area contributed by atoms with Gasteiger partial charge in [-0.15, -0.1) is 0 Å². The zero-order chi connectivity index (χ0) is 35.8. The Balaban J connectivity index is 1.18. The lowest BCUT2D eigenvalue weighted by Crippen LogP contribution is -1.98. The normalized spacial score (nSPS) is 11.3. The summed E-state index contributed by atoms with van der Waals surface area (Å²) in [5.41, 5.74) is 12.1. The van der Waals surface area contributed by atoms with Gasteiger partial charge in [0.05, 0.1) is 11.4 Å². The Kier molecular flexibility index (Phi) is 7.85. The van der Waals surface area contributed by atoms with Gasteiger partial charge in [-0.05, 0) is 71.8 Å². The zero-order valence-corrected chi connectivity index (χ0v) is 29.5. The Labute approximate surface area is 314 Å². The highest BCUT2D eigenvalue weighted by Gasteiger charge is 2.21. The van der Waals surface area contributed by atoms with Gasteiger partial charge in [-0.25, -0.2) is 9.97 Å². The van der Waals surface area contributed by atoms with E-state index in [1.54, 1.807) is 0 Å². The molecule has 0 aliphatic carbocycles. The molecular weight excluding hydrogens is 653 g/mol. The fraction of sp³-hybridized carbons (Fsp3) is 0. The maximum Gasteiger partial charge on any atom is 0.160 e. The third-order valence-corrected chi connectivity index (χ3v) is 10.5. The van der Waals surface area contributed by atoms with Gasteiger partial charge in [0.2, 0.25) is 0 Å². The number of aromatic nitrogens is 2. The summed E-state index contributed by atoms with van der Waals surface area (Å²) in [5.74, 6) is 0.703. The lowest BCUT2D eigenvalue weighted by molar-refractivity contribution is 1.19. The Morgan fingerprint density at radius 3 is 1.31 bits per heavy atom. The summed E-state index contributed by atoms with van der Waals surface area (Å²) in [6.45, 7) is 0. The molecule has 0 saturated heterocycles. The van der Waals surface area contributed by atoms with Crippen LogP contribution in [0.1, 0.15) is 0 Å². The molecule has 0 amide bonds. The summed E-state index contributed by atoms with van der Waals surface area (Å²) < 4.78 is 0. The van der Waals surface area contributed by atoms with Crippen LogP contribution in [-0.4, -0.2) is 9.97 Å². The highest BCUT2D eigenvalue weighted by molar-refractivity contribution is 6.27. The van der Waals surface area contributed by atoms with E-state index in [2.05, 4.69) is 200 Å². The van der Waals surface area contributed by atoms with Crippen LogP contribution in [0, 0.1) is 0 Å². The van der Waals surface area contributed by atoms with Gasteiger partial charge in [-0.3, -0.25) is 0 Å². The van der Waals surface area contributed by atoms with E-state index >= 15 is 0 Å². The smallest absolute Gasteiger partial charge is 0.160 e. The molecule has 0 bridgehead atoms. The van der Waals surface area contributed by atoms with E-state index in [9.17, 15) is 0 Å². The number of nitrogens with zero attached hydrogens (tertiary/aromatic N) is 2. The summed E-state index contributed by atoms with van der Waals surface area (Å²) in [6.07, 6.45) is 0. The summed E-state index contributed by atoms with van der Waals surface area (Å²) in [4.78, 5) is 10.6. The second-order valence-corrected chi connectivity index (χ2v) is 13.7. The molecule has 10 rings (SSSR count). The van der Waals surface area contributed by atoms with Gasteiger partial charge < -0.3 is 0 Å². The Morgan fingerprint density at radius 1 is 0.259 bits per heavy atom. The average Bonchev–Trinajstić information content (AvgIpc) is 3.26. The van der Waals surface area contributed by atoms with Crippen LogP contribution in [0.5, 0.6) is 0 Å². The molecule has 2 nitrogen and oxygen atoms in total. The lowest BCUT2D eigenvalue weighted by atomic mass is 9.85. The van der Waals surface area contributed by atoms with Gasteiger partial charge in [0.15, 0.2) is 5.82 Å². The minimum absolute atomic E-state index is 0.703. The monoisotopic (exact) mass is 686 g/mol. The molecule has 0 spiro atoms. The van der Waals surface area contributed by atoms with Crippen molar-refractivity contribution in [1.82, 2.24) is 9.97 Å². The van der Waals surface area contributed by atoms with Crippen LogP contribution >= 0.6 is 0 Å². The number of rotatable bonds is 6. The molecule has 0 unspecified atom stereocenters. The molecular formula is C52H34N2. The number of hydrogen-bond acceptors (Lipinski definition) is 2. The molecule has 252 valence electrons. The first kappa shape index (κ1) is 31.6. The third-order valence-electron chi connectivity index (χ3n) is 10.5. The minimum atomic E-state index is 0.703. The molecule has 0 radical (unpaired) electrons. The summed E-state index contributed by atoms with van der Waals surface area (Å²) in [7, 11) is 0. The van der Waals surface area contributed by atoms with E-state index in [-0.39, 0.29) is 0 Å². The van der Waals surface area contributed by atoms with E-state index in [0.29, 0.717) is 5.82 Å². The fourth-order valence-electron chi connectivity index (χ4n) is 7.89. The highest BCUT2D eigenvalue weighted by Crippen LogP contribution is 2.46. The van der Waals surface area contributed by atoms with Gasteiger partial charge in [0.1, 0.15) is 0 Å². The van der Waals surface area contributed by atoms with E-state index in [4.69, 9.17) is 9.97 Å². The fourth-order valence-corrected chi connectivity index (χ4v) is 7.89. The predicted octanol–water partition coefficient (Wildman–Crippen LogP) is 13.9. The third kappa shape index (κ3) is 5.62. The molecule has 2 heteroatoms. The minimum Gasteiger partial charge on any atom is -0.228 e. The molecule has 0 aliphatic rings. The molecule has 9 aromatic carbocycles. The molecule has 1 aromatic heterocycles. The summed E-state index contributed by atoms with van der Waals surface area (Å²) in [6, 6.07) is 73.4. The van der Waals surface area contributed by atoms with Gasteiger partial charge in [0, 0.05) is 16.7 Å². The predicted molar refractivity (Wildman–Crippen MR) is 227 cm³/mol. The number of hydrogen-bond donors (Lipinski definition) is 0. The summed E-state index contributed by atoms with van der Waals surface area (Å²) in [5, 5.41) is 7.21. The van der Waals surface area contributed by atoms with Crippen molar-refractivity contribution in [3.05, 3.63) is 206 Å². The molecule has 0 atom stereocenters. The molecule has 0 aliphatic heterocycles. The second-order valence-electron chi connectivity index (χ2n) is 13.7. The number of benzene rings is 9. The number of fused-ring (bicyclic) bond motifs is 4. The highest BCUT2D eigenvalue weighted by atomic mass is 14.9. The quantitative estimate of drug-likeness (QED) is 0.129. The average molecular weight is 687 g/mol. The van der Waals surface area contributed by atoms with E-state index in [0.717, 1.165) is 39.0 Å². The van der Waals surface area contributed by atoms with E-state index in [1.807, 2.05) is 6.07 Å². The van der Waals surface area contributed by atoms with Gasteiger partial charge in [-0.2, -0.15) is 0 Å². The van der Waals surface area contributed by atoms with Crippen molar-refractivity contribution in [2.75, 3.05) is 0 Å². The van der Waals surface area contributed by atoms with Crippen molar-refractivity contribution in [3.8, 4) is 67.3 Å². The Hall–Kier alpha value is -7.16.